The molecule has 1 N–H and O–H groups in total. The Morgan fingerprint density at radius 3 is 2.38 bits per heavy atom. The largest absolute Gasteiger partial charge is 0.314 e. The fourth-order valence-electron chi connectivity index (χ4n) is 1.97. The van der Waals surface area contributed by atoms with Gasteiger partial charge in [0.05, 0.1) is 0 Å². The van der Waals surface area contributed by atoms with Crippen LogP contribution in [0.3, 0.4) is 0 Å². The van der Waals surface area contributed by atoms with E-state index in [0.29, 0.717) is 6.04 Å². The molecule has 16 heavy (non-hydrogen) atoms. The Bertz CT molecular complexity index is 176. The molecule has 1 rings (SSSR count). The van der Waals surface area contributed by atoms with Crippen molar-refractivity contribution >= 4 is 0 Å². The predicted octanol–water partition coefficient (Wildman–Crippen LogP) is 2.89. The topological polar surface area (TPSA) is 15.3 Å². The molecular formula is C14H30N2. The SMILES string of the molecule is CC(C)C(C)N(C)CCCCCNC1CC1. The Morgan fingerprint density at radius 2 is 1.81 bits per heavy atom. The Kier molecular flexibility index (Phi) is 6.37. The van der Waals surface area contributed by atoms with E-state index in [4.69, 9.17) is 0 Å². The molecule has 0 aromatic rings. The first-order valence-electron chi connectivity index (χ1n) is 7.05. The standard InChI is InChI=1S/C14H30N2/c1-12(2)13(3)16(4)11-7-5-6-10-15-14-8-9-14/h12-15H,5-11H2,1-4H3. The Balaban J connectivity index is 1.88. The van der Waals surface area contributed by atoms with Crippen LogP contribution >= 0.6 is 0 Å². The summed E-state index contributed by atoms with van der Waals surface area (Å²) < 4.78 is 0. The van der Waals surface area contributed by atoms with Gasteiger partial charge in [-0.15, -0.1) is 0 Å². The van der Waals surface area contributed by atoms with Gasteiger partial charge >= 0.3 is 0 Å². The second kappa shape index (κ2) is 7.29. The molecule has 0 aromatic heterocycles. The summed E-state index contributed by atoms with van der Waals surface area (Å²) in [4.78, 5) is 2.50. The van der Waals surface area contributed by atoms with Gasteiger partial charge in [0.25, 0.3) is 0 Å². The molecule has 2 nitrogen and oxygen atoms in total. The highest BCUT2D eigenvalue weighted by Gasteiger charge is 2.19. The normalized spacial score (nSPS) is 18.4. The van der Waals surface area contributed by atoms with Gasteiger partial charge in [0.1, 0.15) is 0 Å². The minimum absolute atomic E-state index is 0.713. The van der Waals surface area contributed by atoms with Crippen LogP contribution in [-0.2, 0) is 0 Å². The van der Waals surface area contributed by atoms with Crippen molar-refractivity contribution in [1.82, 2.24) is 10.2 Å². The summed E-state index contributed by atoms with van der Waals surface area (Å²) in [5.41, 5.74) is 0. The quantitative estimate of drug-likeness (QED) is 0.608. The lowest BCUT2D eigenvalue weighted by Gasteiger charge is -2.27. The summed E-state index contributed by atoms with van der Waals surface area (Å²) in [7, 11) is 2.26. The van der Waals surface area contributed by atoms with Gasteiger partial charge < -0.3 is 10.2 Å². The highest BCUT2D eigenvalue weighted by atomic mass is 15.1. The lowest BCUT2D eigenvalue weighted by Crippen LogP contribution is -2.34. The summed E-state index contributed by atoms with van der Waals surface area (Å²) >= 11 is 0. The van der Waals surface area contributed by atoms with Crippen molar-refractivity contribution in [1.29, 1.82) is 0 Å². The molecule has 0 bridgehead atoms. The molecule has 0 spiro atoms. The summed E-state index contributed by atoms with van der Waals surface area (Å²) in [5.74, 6) is 0.765. The van der Waals surface area contributed by atoms with E-state index in [0.717, 1.165) is 12.0 Å². The number of hydrogen-bond donors (Lipinski definition) is 1. The molecule has 0 heterocycles. The number of rotatable bonds is 9. The van der Waals surface area contributed by atoms with Gasteiger partial charge in [-0.3, -0.25) is 0 Å². The maximum Gasteiger partial charge on any atom is 0.00868 e. The van der Waals surface area contributed by atoms with Crippen molar-refractivity contribution in [2.75, 3.05) is 20.1 Å². The predicted molar refractivity (Wildman–Crippen MR) is 71.8 cm³/mol. The molecule has 0 aliphatic heterocycles. The monoisotopic (exact) mass is 226 g/mol. The van der Waals surface area contributed by atoms with Crippen LogP contribution in [0.2, 0.25) is 0 Å². The molecular weight excluding hydrogens is 196 g/mol. The third-order valence-corrected chi connectivity index (χ3v) is 3.86. The molecule has 1 fully saturated rings. The maximum absolute atomic E-state index is 3.57. The summed E-state index contributed by atoms with van der Waals surface area (Å²) in [6.07, 6.45) is 6.89. The van der Waals surface area contributed by atoms with Crippen LogP contribution in [0.25, 0.3) is 0 Å². The van der Waals surface area contributed by atoms with Crippen LogP contribution < -0.4 is 5.32 Å². The summed E-state index contributed by atoms with van der Waals surface area (Å²) in [5, 5.41) is 3.57. The molecule has 1 saturated carbocycles. The first-order chi connectivity index (χ1) is 7.61. The third kappa shape index (κ3) is 5.86. The Morgan fingerprint density at radius 1 is 1.12 bits per heavy atom. The fraction of sp³-hybridized carbons (Fsp3) is 1.00. The van der Waals surface area contributed by atoms with E-state index < -0.39 is 0 Å². The maximum atomic E-state index is 3.57. The van der Waals surface area contributed by atoms with E-state index in [9.17, 15) is 0 Å². The molecule has 1 aliphatic carbocycles. The van der Waals surface area contributed by atoms with E-state index >= 15 is 0 Å². The van der Waals surface area contributed by atoms with Gasteiger partial charge in [0, 0.05) is 12.1 Å². The number of hydrogen-bond acceptors (Lipinski definition) is 2. The highest BCUT2D eigenvalue weighted by molar-refractivity contribution is 4.80. The van der Waals surface area contributed by atoms with Gasteiger partial charge in [-0.05, 0) is 58.7 Å². The second-order valence-electron chi connectivity index (χ2n) is 5.75. The van der Waals surface area contributed by atoms with Crippen LogP contribution in [0.15, 0.2) is 0 Å². The Hall–Kier alpha value is -0.0800. The van der Waals surface area contributed by atoms with Crippen LogP contribution in [0, 0.1) is 5.92 Å². The van der Waals surface area contributed by atoms with Gasteiger partial charge in [0.2, 0.25) is 0 Å². The van der Waals surface area contributed by atoms with Crippen molar-refractivity contribution in [2.24, 2.45) is 5.92 Å². The smallest absolute Gasteiger partial charge is 0.00868 e. The van der Waals surface area contributed by atoms with E-state index in [2.05, 4.69) is 38.0 Å². The Labute approximate surface area is 102 Å². The average molecular weight is 226 g/mol. The molecule has 1 atom stereocenters. The molecule has 0 aromatic carbocycles. The first-order valence-corrected chi connectivity index (χ1v) is 7.05. The minimum Gasteiger partial charge on any atom is -0.314 e. The van der Waals surface area contributed by atoms with Crippen LogP contribution in [0.1, 0.15) is 52.9 Å². The van der Waals surface area contributed by atoms with E-state index in [1.807, 2.05) is 0 Å². The van der Waals surface area contributed by atoms with Crippen LogP contribution in [0.4, 0.5) is 0 Å². The highest BCUT2D eigenvalue weighted by Crippen LogP contribution is 2.18. The van der Waals surface area contributed by atoms with E-state index in [-0.39, 0.29) is 0 Å². The van der Waals surface area contributed by atoms with Gasteiger partial charge in [-0.2, -0.15) is 0 Å². The lowest BCUT2D eigenvalue weighted by atomic mass is 10.0. The number of nitrogens with one attached hydrogen (secondary N) is 1. The minimum atomic E-state index is 0.713. The molecule has 2 heteroatoms. The zero-order chi connectivity index (χ0) is 12.0. The summed E-state index contributed by atoms with van der Waals surface area (Å²) in [6.45, 7) is 9.43. The van der Waals surface area contributed by atoms with Crippen molar-refractivity contribution in [3.8, 4) is 0 Å². The van der Waals surface area contributed by atoms with Crippen LogP contribution in [0.5, 0.6) is 0 Å². The van der Waals surface area contributed by atoms with Crippen molar-refractivity contribution in [3.63, 3.8) is 0 Å². The zero-order valence-electron chi connectivity index (χ0n) is 11.6. The molecule has 0 radical (unpaired) electrons. The van der Waals surface area contributed by atoms with Crippen molar-refractivity contribution in [2.45, 2.75) is 65.0 Å². The number of unbranched alkanes of at least 4 members (excludes halogenated alkanes) is 2. The average Bonchev–Trinajstić information content (AvgIpc) is 3.05. The third-order valence-electron chi connectivity index (χ3n) is 3.86. The lowest BCUT2D eigenvalue weighted by molar-refractivity contribution is 0.204. The van der Waals surface area contributed by atoms with Gasteiger partial charge in [-0.25, -0.2) is 0 Å². The summed E-state index contributed by atoms with van der Waals surface area (Å²) in [6, 6.07) is 1.59. The molecule has 0 amide bonds. The first kappa shape index (κ1) is 14.0. The second-order valence-corrected chi connectivity index (χ2v) is 5.75. The molecule has 1 unspecified atom stereocenters. The van der Waals surface area contributed by atoms with Crippen molar-refractivity contribution < 1.29 is 0 Å². The number of nitrogens with zero attached hydrogens (tertiary/aromatic N) is 1. The van der Waals surface area contributed by atoms with Gasteiger partial charge in [-0.1, -0.05) is 20.3 Å². The van der Waals surface area contributed by atoms with E-state index in [1.165, 1.54) is 45.2 Å². The molecule has 1 aliphatic rings. The van der Waals surface area contributed by atoms with Crippen LogP contribution in [-0.4, -0.2) is 37.1 Å². The zero-order valence-corrected chi connectivity index (χ0v) is 11.6. The van der Waals surface area contributed by atoms with E-state index in [1.54, 1.807) is 0 Å². The fourth-order valence-corrected chi connectivity index (χ4v) is 1.97. The molecule has 0 saturated heterocycles. The van der Waals surface area contributed by atoms with Crippen molar-refractivity contribution in [3.05, 3.63) is 0 Å². The van der Waals surface area contributed by atoms with Gasteiger partial charge in [0.15, 0.2) is 0 Å². The molecule has 96 valence electrons.